The van der Waals surface area contributed by atoms with E-state index in [-0.39, 0.29) is 16.6 Å². The van der Waals surface area contributed by atoms with E-state index in [9.17, 15) is 8.42 Å². The molecule has 0 radical (unpaired) electrons. The largest absolute Gasteiger partial charge is 0.370 e. The summed E-state index contributed by atoms with van der Waals surface area (Å²) >= 11 is 6.05. The first kappa shape index (κ1) is 18.8. The Morgan fingerprint density at radius 3 is 2.58 bits per heavy atom. The molecule has 2 rings (SSSR count). The molecule has 0 saturated carbocycles. The molecule has 0 unspecified atom stereocenters. The molecule has 0 aliphatic rings. The highest BCUT2D eigenvalue weighted by Gasteiger charge is 2.24. The molecule has 8 heteroatoms. The van der Waals surface area contributed by atoms with Crippen LogP contribution in [-0.2, 0) is 17.1 Å². The minimum absolute atomic E-state index is 0.0465. The molecule has 1 N–H and O–H groups in total. The highest BCUT2D eigenvalue weighted by atomic mass is 35.5. The Kier molecular flexibility index (Phi) is 5.90. The van der Waals surface area contributed by atoms with Crippen LogP contribution in [0.5, 0.6) is 0 Å². The van der Waals surface area contributed by atoms with Crippen LogP contribution >= 0.6 is 11.6 Å². The number of aromatic nitrogens is 2. The van der Waals surface area contributed by atoms with E-state index in [0.717, 1.165) is 12.2 Å². The fraction of sp³-hybridized carbons (Fsp3) is 0.438. The second-order valence-electron chi connectivity index (χ2n) is 5.65. The van der Waals surface area contributed by atoms with E-state index in [0.29, 0.717) is 12.2 Å². The van der Waals surface area contributed by atoms with Crippen LogP contribution in [0, 0.1) is 13.8 Å². The summed E-state index contributed by atoms with van der Waals surface area (Å²) in [6.45, 7) is 7.35. The van der Waals surface area contributed by atoms with Gasteiger partial charge in [-0.3, -0.25) is 4.68 Å². The lowest BCUT2D eigenvalue weighted by molar-refractivity contribution is 0.580. The van der Waals surface area contributed by atoms with Crippen molar-refractivity contribution in [3.63, 3.8) is 0 Å². The third-order valence-electron chi connectivity index (χ3n) is 3.79. The second-order valence-corrected chi connectivity index (χ2v) is 7.71. The van der Waals surface area contributed by atoms with Gasteiger partial charge in [0.1, 0.15) is 10.0 Å². The van der Waals surface area contributed by atoms with Crippen molar-refractivity contribution in [2.75, 3.05) is 24.5 Å². The zero-order valence-corrected chi connectivity index (χ0v) is 15.9. The number of hydrogen-bond acceptors (Lipinski definition) is 4. The van der Waals surface area contributed by atoms with Crippen molar-refractivity contribution in [1.29, 1.82) is 0 Å². The normalized spacial score (nSPS) is 11.7. The molecule has 132 valence electrons. The molecule has 1 aromatic carbocycles. The van der Waals surface area contributed by atoms with Crippen LogP contribution in [0.25, 0.3) is 0 Å². The van der Waals surface area contributed by atoms with Crippen molar-refractivity contribution in [3.05, 3.63) is 40.7 Å². The number of benzene rings is 1. The molecule has 6 nitrogen and oxygen atoms in total. The summed E-state index contributed by atoms with van der Waals surface area (Å²) < 4.78 is 28.9. The average Bonchev–Trinajstić information content (AvgIpc) is 2.77. The monoisotopic (exact) mass is 370 g/mol. The van der Waals surface area contributed by atoms with Crippen LogP contribution in [0.15, 0.2) is 29.2 Å². The van der Waals surface area contributed by atoms with Crippen molar-refractivity contribution >= 4 is 27.3 Å². The molecular weight excluding hydrogens is 348 g/mol. The van der Waals surface area contributed by atoms with Crippen molar-refractivity contribution in [2.24, 2.45) is 7.05 Å². The van der Waals surface area contributed by atoms with Crippen molar-refractivity contribution in [2.45, 2.75) is 25.7 Å². The van der Waals surface area contributed by atoms with Crippen molar-refractivity contribution in [3.8, 4) is 0 Å². The van der Waals surface area contributed by atoms with Gasteiger partial charge in [0.05, 0.1) is 5.69 Å². The Hall–Kier alpha value is -1.57. The van der Waals surface area contributed by atoms with E-state index >= 15 is 0 Å². The Morgan fingerprint density at radius 1 is 1.33 bits per heavy atom. The third kappa shape index (κ3) is 4.09. The third-order valence-corrected chi connectivity index (χ3v) is 5.95. The lowest BCUT2D eigenvalue weighted by Crippen LogP contribution is -2.35. The van der Waals surface area contributed by atoms with Crippen LogP contribution in [0.1, 0.15) is 18.2 Å². The number of sulfonamides is 1. The van der Waals surface area contributed by atoms with Gasteiger partial charge in [0.15, 0.2) is 0 Å². The van der Waals surface area contributed by atoms with Crippen molar-refractivity contribution < 1.29 is 8.42 Å². The van der Waals surface area contributed by atoms with Gasteiger partial charge in [-0.15, -0.1) is 0 Å². The number of nitrogens with one attached hydrogen (secondary N) is 1. The first-order valence-corrected chi connectivity index (χ1v) is 9.62. The zero-order valence-electron chi connectivity index (χ0n) is 14.4. The molecule has 1 heterocycles. The van der Waals surface area contributed by atoms with Gasteiger partial charge in [0.2, 0.25) is 10.0 Å². The molecule has 24 heavy (non-hydrogen) atoms. The van der Waals surface area contributed by atoms with Gasteiger partial charge in [-0.05, 0) is 38.5 Å². The summed E-state index contributed by atoms with van der Waals surface area (Å²) in [5, 5.41) is 4.17. The van der Waals surface area contributed by atoms with Gasteiger partial charge < -0.3 is 4.90 Å². The fourth-order valence-electron chi connectivity index (χ4n) is 2.60. The molecule has 2 aromatic rings. The molecule has 0 bridgehead atoms. The highest BCUT2D eigenvalue weighted by Crippen LogP contribution is 2.23. The maximum Gasteiger partial charge on any atom is 0.245 e. The van der Waals surface area contributed by atoms with Gasteiger partial charge in [-0.1, -0.05) is 23.7 Å². The topological polar surface area (TPSA) is 67.2 Å². The van der Waals surface area contributed by atoms with E-state index in [1.807, 2.05) is 32.0 Å². The van der Waals surface area contributed by atoms with Crippen LogP contribution in [0.4, 0.5) is 5.69 Å². The highest BCUT2D eigenvalue weighted by molar-refractivity contribution is 7.89. The number of rotatable bonds is 7. The number of halogens is 1. The maximum atomic E-state index is 12.5. The number of nitrogens with zero attached hydrogens (tertiary/aromatic N) is 3. The van der Waals surface area contributed by atoms with Crippen LogP contribution < -0.4 is 9.62 Å². The Balaban J connectivity index is 2.07. The summed E-state index contributed by atoms with van der Waals surface area (Å²) in [5.74, 6) is 0. The smallest absolute Gasteiger partial charge is 0.245 e. The minimum atomic E-state index is -3.69. The average molecular weight is 371 g/mol. The first-order chi connectivity index (χ1) is 11.3. The van der Waals surface area contributed by atoms with E-state index in [2.05, 4.69) is 20.8 Å². The van der Waals surface area contributed by atoms with Gasteiger partial charge >= 0.3 is 0 Å². The van der Waals surface area contributed by atoms with Crippen LogP contribution in [0.3, 0.4) is 0 Å². The molecule has 0 atom stereocenters. The summed E-state index contributed by atoms with van der Waals surface area (Å²) in [7, 11) is -2.07. The summed E-state index contributed by atoms with van der Waals surface area (Å²) in [4.78, 5) is 2.16. The zero-order chi connectivity index (χ0) is 17.9. The number of hydrogen-bond donors (Lipinski definition) is 1. The first-order valence-electron chi connectivity index (χ1n) is 7.76. The van der Waals surface area contributed by atoms with E-state index in [4.69, 9.17) is 11.6 Å². The predicted octanol–water partition coefficient (Wildman–Crippen LogP) is 2.50. The lowest BCUT2D eigenvalue weighted by atomic mass is 10.2. The Labute approximate surface area is 148 Å². The molecule has 1 aromatic heterocycles. The predicted molar refractivity (Wildman–Crippen MR) is 97.2 cm³/mol. The molecule has 0 fully saturated rings. The number of likely N-dealkylation sites (N-methyl/N-ethyl adjacent to an activating group) is 1. The van der Waals surface area contributed by atoms with Gasteiger partial charge in [0.25, 0.3) is 0 Å². The second kappa shape index (κ2) is 7.55. The molecule has 0 aliphatic carbocycles. The SMILES string of the molecule is CCN(CCNS(=O)(=O)c1c(C)nn(C)c1Cl)c1cccc(C)c1. The maximum absolute atomic E-state index is 12.5. The molecule has 0 aliphatic heterocycles. The Bertz CT molecular complexity index is 817. The minimum Gasteiger partial charge on any atom is -0.370 e. The molecule has 0 amide bonds. The quantitative estimate of drug-likeness (QED) is 0.813. The lowest BCUT2D eigenvalue weighted by Gasteiger charge is -2.23. The van der Waals surface area contributed by atoms with E-state index < -0.39 is 10.0 Å². The standard InChI is InChI=1S/C16H23ClN4O2S/c1-5-21(14-8-6-7-12(2)11-14)10-9-18-24(22,23)15-13(3)19-20(4)16(15)17/h6-8,11,18H,5,9-10H2,1-4H3. The van der Waals surface area contributed by atoms with E-state index in [1.165, 1.54) is 10.2 Å². The van der Waals surface area contributed by atoms with E-state index in [1.54, 1.807) is 14.0 Å². The fourth-order valence-corrected chi connectivity index (χ4v) is 4.36. The van der Waals surface area contributed by atoms with Crippen LogP contribution in [-0.4, -0.2) is 37.8 Å². The van der Waals surface area contributed by atoms with Gasteiger partial charge in [-0.25, -0.2) is 13.1 Å². The number of aryl methyl sites for hydroxylation is 3. The van der Waals surface area contributed by atoms with Gasteiger partial charge in [-0.2, -0.15) is 5.10 Å². The number of anilines is 1. The molecule has 0 saturated heterocycles. The molecule has 0 spiro atoms. The Morgan fingerprint density at radius 2 is 2.04 bits per heavy atom. The van der Waals surface area contributed by atoms with Crippen LogP contribution in [0.2, 0.25) is 5.15 Å². The summed E-state index contributed by atoms with van der Waals surface area (Å²) in [6, 6.07) is 8.14. The van der Waals surface area contributed by atoms with Gasteiger partial charge in [0, 0.05) is 32.4 Å². The summed E-state index contributed by atoms with van der Waals surface area (Å²) in [6.07, 6.45) is 0. The molecular formula is C16H23ClN4O2S. The summed E-state index contributed by atoms with van der Waals surface area (Å²) in [5.41, 5.74) is 2.64. The van der Waals surface area contributed by atoms with Crippen molar-refractivity contribution in [1.82, 2.24) is 14.5 Å².